The Morgan fingerprint density at radius 3 is 2.79 bits per heavy atom. The summed E-state index contributed by atoms with van der Waals surface area (Å²) in [6.45, 7) is 0.314. The lowest BCUT2D eigenvalue weighted by Gasteiger charge is -2.05. The molecule has 0 saturated carbocycles. The van der Waals surface area contributed by atoms with Gasteiger partial charge in [-0.2, -0.15) is 5.10 Å². The lowest BCUT2D eigenvalue weighted by Crippen LogP contribution is -2.23. The van der Waals surface area contributed by atoms with Crippen molar-refractivity contribution in [2.24, 2.45) is 0 Å². The predicted molar refractivity (Wildman–Crippen MR) is 73.8 cm³/mol. The fourth-order valence-electron chi connectivity index (χ4n) is 1.98. The van der Waals surface area contributed by atoms with Gasteiger partial charge >= 0.3 is 0 Å². The van der Waals surface area contributed by atoms with E-state index < -0.39 is 0 Å². The van der Waals surface area contributed by atoms with Crippen molar-refractivity contribution in [3.05, 3.63) is 64.7 Å². The van der Waals surface area contributed by atoms with Crippen molar-refractivity contribution in [3.8, 4) is 0 Å². The van der Waals surface area contributed by atoms with E-state index in [9.17, 15) is 4.79 Å². The summed E-state index contributed by atoms with van der Waals surface area (Å²) in [5, 5.41) is 5.65. The third kappa shape index (κ3) is 2.18. The Morgan fingerprint density at radius 1 is 1.11 bits per heavy atom. The number of anilines is 1. The Kier molecular flexibility index (Phi) is 2.72. The van der Waals surface area contributed by atoms with Gasteiger partial charge in [-0.3, -0.25) is 4.79 Å². The van der Waals surface area contributed by atoms with Gasteiger partial charge in [0.15, 0.2) is 0 Å². The molecule has 0 aliphatic heterocycles. The minimum absolute atomic E-state index is 0.123. The SMILES string of the molecule is Nc1cccc(Cn2ncc3ccccc3c2=O)n1. The van der Waals surface area contributed by atoms with Gasteiger partial charge in [0.05, 0.1) is 23.8 Å². The topological polar surface area (TPSA) is 73.8 Å². The maximum absolute atomic E-state index is 12.3. The molecule has 1 aromatic carbocycles. The van der Waals surface area contributed by atoms with Gasteiger partial charge in [-0.25, -0.2) is 9.67 Å². The van der Waals surface area contributed by atoms with E-state index in [2.05, 4.69) is 10.1 Å². The molecule has 3 aromatic rings. The average molecular weight is 252 g/mol. The van der Waals surface area contributed by atoms with Crippen molar-refractivity contribution in [2.75, 3.05) is 5.73 Å². The highest BCUT2D eigenvalue weighted by Crippen LogP contribution is 2.07. The quantitative estimate of drug-likeness (QED) is 0.748. The highest BCUT2D eigenvalue weighted by atomic mass is 16.1. The van der Waals surface area contributed by atoms with Crippen LogP contribution in [0, 0.1) is 0 Å². The van der Waals surface area contributed by atoms with E-state index in [1.54, 1.807) is 18.3 Å². The van der Waals surface area contributed by atoms with Gasteiger partial charge in [0.1, 0.15) is 5.82 Å². The van der Waals surface area contributed by atoms with E-state index in [1.165, 1.54) is 4.68 Å². The number of benzene rings is 1. The van der Waals surface area contributed by atoms with Crippen LogP contribution in [0.3, 0.4) is 0 Å². The molecule has 0 aliphatic rings. The van der Waals surface area contributed by atoms with Crippen LogP contribution in [-0.4, -0.2) is 14.8 Å². The maximum Gasteiger partial charge on any atom is 0.274 e. The first-order valence-electron chi connectivity index (χ1n) is 5.90. The van der Waals surface area contributed by atoms with Crippen molar-refractivity contribution in [3.63, 3.8) is 0 Å². The molecule has 0 amide bonds. The van der Waals surface area contributed by atoms with E-state index in [1.807, 2.05) is 30.3 Å². The Bertz CT molecular complexity index is 795. The zero-order chi connectivity index (χ0) is 13.2. The van der Waals surface area contributed by atoms with Crippen LogP contribution in [-0.2, 0) is 6.54 Å². The van der Waals surface area contributed by atoms with Crippen LogP contribution < -0.4 is 11.3 Å². The molecule has 5 heteroatoms. The highest BCUT2D eigenvalue weighted by Gasteiger charge is 2.05. The molecule has 0 aliphatic carbocycles. The maximum atomic E-state index is 12.3. The normalized spacial score (nSPS) is 10.7. The molecule has 0 spiro atoms. The zero-order valence-electron chi connectivity index (χ0n) is 10.2. The Hall–Kier alpha value is -2.69. The van der Waals surface area contributed by atoms with Crippen LogP contribution in [0.5, 0.6) is 0 Å². The number of nitrogen functional groups attached to an aromatic ring is 1. The first-order chi connectivity index (χ1) is 9.24. The predicted octanol–water partition coefficient (Wildman–Crippen LogP) is 1.42. The third-order valence-corrected chi connectivity index (χ3v) is 2.90. The van der Waals surface area contributed by atoms with Crippen molar-refractivity contribution >= 4 is 16.6 Å². The number of pyridine rings is 1. The van der Waals surface area contributed by atoms with Gasteiger partial charge in [-0.1, -0.05) is 24.3 Å². The van der Waals surface area contributed by atoms with Crippen LogP contribution in [0.25, 0.3) is 10.8 Å². The van der Waals surface area contributed by atoms with Crippen LogP contribution >= 0.6 is 0 Å². The molecule has 2 N–H and O–H groups in total. The molecule has 0 radical (unpaired) electrons. The second-order valence-electron chi connectivity index (χ2n) is 4.25. The van der Waals surface area contributed by atoms with Gasteiger partial charge < -0.3 is 5.73 Å². The van der Waals surface area contributed by atoms with Gasteiger partial charge in [-0.15, -0.1) is 0 Å². The molecular formula is C14H12N4O. The standard InChI is InChI=1S/C14H12N4O/c15-13-7-3-5-11(17-13)9-18-14(19)12-6-2-1-4-10(12)8-16-18/h1-8H,9H2,(H2,15,17). The van der Waals surface area contributed by atoms with Crippen molar-refractivity contribution in [2.45, 2.75) is 6.54 Å². The number of nitrogens with two attached hydrogens (primary N) is 1. The van der Waals surface area contributed by atoms with Gasteiger partial charge in [0.2, 0.25) is 0 Å². The molecule has 0 fully saturated rings. The molecule has 3 rings (SSSR count). The van der Waals surface area contributed by atoms with Crippen LogP contribution in [0.15, 0.2) is 53.5 Å². The fraction of sp³-hybridized carbons (Fsp3) is 0.0714. The Morgan fingerprint density at radius 2 is 1.95 bits per heavy atom. The molecule has 0 bridgehead atoms. The lowest BCUT2D eigenvalue weighted by atomic mass is 10.2. The van der Waals surface area contributed by atoms with E-state index in [4.69, 9.17) is 5.73 Å². The minimum atomic E-state index is -0.123. The van der Waals surface area contributed by atoms with Crippen LogP contribution in [0.4, 0.5) is 5.82 Å². The smallest absolute Gasteiger partial charge is 0.274 e. The second-order valence-corrected chi connectivity index (χ2v) is 4.25. The molecule has 0 atom stereocenters. The van der Waals surface area contributed by atoms with Crippen molar-refractivity contribution in [1.29, 1.82) is 0 Å². The van der Waals surface area contributed by atoms with Gasteiger partial charge in [-0.05, 0) is 18.2 Å². The van der Waals surface area contributed by atoms with E-state index in [-0.39, 0.29) is 5.56 Å². The molecule has 2 aromatic heterocycles. The average Bonchev–Trinajstić information content (AvgIpc) is 2.42. The number of hydrogen-bond acceptors (Lipinski definition) is 4. The van der Waals surface area contributed by atoms with Gasteiger partial charge in [0, 0.05) is 5.39 Å². The first kappa shape index (κ1) is 11.4. The molecular weight excluding hydrogens is 240 g/mol. The third-order valence-electron chi connectivity index (χ3n) is 2.90. The minimum Gasteiger partial charge on any atom is -0.384 e. The molecule has 5 nitrogen and oxygen atoms in total. The summed E-state index contributed by atoms with van der Waals surface area (Å²) < 4.78 is 1.39. The summed E-state index contributed by atoms with van der Waals surface area (Å²) in [7, 11) is 0. The highest BCUT2D eigenvalue weighted by molar-refractivity contribution is 5.80. The van der Waals surface area contributed by atoms with Crippen LogP contribution in [0.1, 0.15) is 5.69 Å². The fourth-order valence-corrected chi connectivity index (χ4v) is 1.98. The largest absolute Gasteiger partial charge is 0.384 e. The van der Waals surface area contributed by atoms with E-state index in [0.717, 1.165) is 5.39 Å². The molecule has 0 unspecified atom stereocenters. The molecule has 19 heavy (non-hydrogen) atoms. The summed E-state index contributed by atoms with van der Waals surface area (Å²) in [4.78, 5) is 16.4. The lowest BCUT2D eigenvalue weighted by molar-refractivity contribution is 0.636. The summed E-state index contributed by atoms with van der Waals surface area (Å²) in [5.74, 6) is 0.436. The summed E-state index contributed by atoms with van der Waals surface area (Å²) in [6, 6.07) is 12.7. The summed E-state index contributed by atoms with van der Waals surface area (Å²) in [6.07, 6.45) is 1.68. The molecule has 2 heterocycles. The number of fused-ring (bicyclic) bond motifs is 1. The number of rotatable bonds is 2. The Balaban J connectivity index is 2.06. The first-order valence-corrected chi connectivity index (χ1v) is 5.90. The molecule has 94 valence electrons. The Labute approximate surface area is 109 Å². The van der Waals surface area contributed by atoms with Crippen LogP contribution in [0.2, 0.25) is 0 Å². The zero-order valence-corrected chi connectivity index (χ0v) is 10.2. The number of nitrogens with zero attached hydrogens (tertiary/aromatic N) is 3. The van der Waals surface area contributed by atoms with E-state index in [0.29, 0.717) is 23.4 Å². The van der Waals surface area contributed by atoms with E-state index >= 15 is 0 Å². The van der Waals surface area contributed by atoms with Crippen molar-refractivity contribution in [1.82, 2.24) is 14.8 Å². The van der Waals surface area contributed by atoms with Crippen molar-refractivity contribution < 1.29 is 0 Å². The summed E-state index contributed by atoms with van der Waals surface area (Å²) >= 11 is 0. The second kappa shape index (κ2) is 4.53. The summed E-state index contributed by atoms with van der Waals surface area (Å²) in [5.41, 5.74) is 6.21. The number of hydrogen-bond donors (Lipinski definition) is 1. The molecule has 0 saturated heterocycles. The monoisotopic (exact) mass is 252 g/mol. The van der Waals surface area contributed by atoms with Gasteiger partial charge in [0.25, 0.3) is 5.56 Å². The number of aromatic nitrogens is 3.